The van der Waals surface area contributed by atoms with Crippen LogP contribution in [0.2, 0.25) is 0 Å². The molecule has 136 valence electrons. The number of H-pyrrole nitrogens is 1. The Bertz CT molecular complexity index is 1150. The lowest BCUT2D eigenvalue weighted by Gasteiger charge is -2.34. The van der Waals surface area contributed by atoms with E-state index in [4.69, 9.17) is 0 Å². The zero-order valence-corrected chi connectivity index (χ0v) is 15.3. The second-order valence-electron chi connectivity index (χ2n) is 7.19. The minimum Gasteiger partial charge on any atom is -0.281 e. The molecule has 1 N–H and O–H groups in total. The van der Waals surface area contributed by atoms with Crippen molar-refractivity contribution < 1.29 is 4.39 Å². The van der Waals surface area contributed by atoms with Gasteiger partial charge in [0.05, 0.1) is 5.69 Å². The van der Waals surface area contributed by atoms with E-state index < -0.39 is 5.41 Å². The Labute approximate surface area is 163 Å². The second kappa shape index (κ2) is 6.61. The first kappa shape index (κ1) is 16.7. The molecule has 0 amide bonds. The molecule has 0 fully saturated rings. The number of nitrogens with one attached hydrogen (secondary N) is 1. The summed E-state index contributed by atoms with van der Waals surface area (Å²) < 4.78 is 14.1. The van der Waals surface area contributed by atoms with Gasteiger partial charge in [-0.05, 0) is 23.3 Å². The lowest BCUT2D eigenvalue weighted by atomic mass is 9.68. The van der Waals surface area contributed by atoms with Gasteiger partial charge in [0.25, 0.3) is 0 Å². The molecule has 3 aromatic carbocycles. The van der Waals surface area contributed by atoms with Crippen molar-refractivity contribution in [1.29, 1.82) is 0 Å². The van der Waals surface area contributed by atoms with Crippen molar-refractivity contribution >= 4 is 6.08 Å². The van der Waals surface area contributed by atoms with Crippen LogP contribution in [0.1, 0.15) is 22.4 Å². The number of aromatic amines is 1. The monoisotopic (exact) mass is 366 g/mol. The zero-order valence-electron chi connectivity index (χ0n) is 15.3. The fourth-order valence-corrected chi connectivity index (χ4v) is 4.15. The summed E-state index contributed by atoms with van der Waals surface area (Å²) in [6.45, 7) is 0. The Hall–Kier alpha value is -3.46. The molecular weight excluding hydrogens is 347 g/mol. The van der Waals surface area contributed by atoms with Gasteiger partial charge in [0.1, 0.15) is 5.82 Å². The highest BCUT2D eigenvalue weighted by Gasteiger charge is 2.36. The summed E-state index contributed by atoms with van der Waals surface area (Å²) in [6.07, 6.45) is 5.02. The normalized spacial score (nSPS) is 18.0. The summed E-state index contributed by atoms with van der Waals surface area (Å²) in [6, 6.07) is 27.3. The Morgan fingerprint density at radius 3 is 2.29 bits per heavy atom. The number of rotatable bonds is 3. The van der Waals surface area contributed by atoms with Crippen LogP contribution in [0.4, 0.5) is 4.39 Å². The number of halogens is 1. The van der Waals surface area contributed by atoms with E-state index in [0.29, 0.717) is 6.42 Å². The SMILES string of the molecule is Fc1cccc(C2(c3ccccc3)C=Cc3c(-c4ccccc4)n[nH]c3C2)c1. The van der Waals surface area contributed by atoms with Gasteiger partial charge in [0.15, 0.2) is 0 Å². The molecule has 2 nitrogen and oxygen atoms in total. The Morgan fingerprint density at radius 2 is 1.54 bits per heavy atom. The van der Waals surface area contributed by atoms with Gasteiger partial charge in [-0.2, -0.15) is 5.10 Å². The first-order valence-corrected chi connectivity index (χ1v) is 9.40. The fraction of sp³-hybridized carbons (Fsp3) is 0.0800. The lowest BCUT2D eigenvalue weighted by molar-refractivity contribution is 0.594. The summed E-state index contributed by atoms with van der Waals surface area (Å²) in [4.78, 5) is 0. The standard InChI is InChI=1S/C25H19FN2/c26-21-13-7-12-20(16-21)25(19-10-5-2-6-11-19)15-14-22-23(17-25)27-28-24(22)18-8-3-1-4-9-18/h1-16H,17H2,(H,27,28). The number of nitrogens with zero attached hydrogens (tertiary/aromatic N) is 1. The van der Waals surface area contributed by atoms with Crippen LogP contribution in [0.15, 0.2) is 91.0 Å². The number of allylic oxidation sites excluding steroid dienone is 1. The lowest BCUT2D eigenvalue weighted by Crippen LogP contribution is -2.30. The van der Waals surface area contributed by atoms with E-state index in [1.54, 1.807) is 12.1 Å². The van der Waals surface area contributed by atoms with E-state index in [1.807, 2.05) is 42.5 Å². The Balaban J connectivity index is 1.67. The van der Waals surface area contributed by atoms with Gasteiger partial charge >= 0.3 is 0 Å². The molecule has 1 aliphatic carbocycles. The maximum atomic E-state index is 14.1. The van der Waals surface area contributed by atoms with Crippen molar-refractivity contribution in [3.05, 3.63) is 119 Å². The minimum atomic E-state index is -0.434. The van der Waals surface area contributed by atoms with E-state index in [0.717, 1.165) is 33.6 Å². The van der Waals surface area contributed by atoms with E-state index in [1.165, 1.54) is 6.07 Å². The van der Waals surface area contributed by atoms with Crippen LogP contribution in [0, 0.1) is 5.82 Å². The molecule has 1 atom stereocenters. The molecule has 1 aliphatic rings. The van der Waals surface area contributed by atoms with E-state index in [-0.39, 0.29) is 5.82 Å². The number of hydrogen-bond donors (Lipinski definition) is 1. The van der Waals surface area contributed by atoms with E-state index in [2.05, 4.69) is 46.6 Å². The third-order valence-corrected chi connectivity index (χ3v) is 5.55. The smallest absolute Gasteiger partial charge is 0.123 e. The van der Waals surface area contributed by atoms with Crippen molar-refractivity contribution in [2.75, 3.05) is 0 Å². The second-order valence-corrected chi connectivity index (χ2v) is 7.19. The third-order valence-electron chi connectivity index (χ3n) is 5.55. The Morgan fingerprint density at radius 1 is 0.821 bits per heavy atom. The molecule has 4 aromatic rings. The minimum absolute atomic E-state index is 0.221. The molecule has 0 radical (unpaired) electrons. The quantitative estimate of drug-likeness (QED) is 0.490. The molecule has 0 bridgehead atoms. The highest BCUT2D eigenvalue weighted by molar-refractivity contribution is 5.76. The van der Waals surface area contributed by atoms with Crippen molar-refractivity contribution in [3.63, 3.8) is 0 Å². The summed E-state index contributed by atoms with van der Waals surface area (Å²) in [5, 5.41) is 7.83. The van der Waals surface area contributed by atoms with Gasteiger partial charge in [0, 0.05) is 28.7 Å². The molecule has 0 saturated carbocycles. The van der Waals surface area contributed by atoms with Crippen LogP contribution >= 0.6 is 0 Å². The molecule has 1 unspecified atom stereocenters. The topological polar surface area (TPSA) is 28.7 Å². The van der Waals surface area contributed by atoms with Gasteiger partial charge < -0.3 is 0 Å². The van der Waals surface area contributed by atoms with Gasteiger partial charge in [0.2, 0.25) is 0 Å². The Kier molecular flexibility index (Phi) is 3.94. The van der Waals surface area contributed by atoms with Crippen LogP contribution < -0.4 is 0 Å². The summed E-state index contributed by atoms with van der Waals surface area (Å²) in [5.41, 5.74) is 5.85. The highest BCUT2D eigenvalue weighted by atomic mass is 19.1. The fourth-order valence-electron chi connectivity index (χ4n) is 4.15. The predicted octanol–water partition coefficient (Wildman–Crippen LogP) is 5.77. The van der Waals surface area contributed by atoms with Crippen LogP contribution in [-0.2, 0) is 11.8 Å². The molecule has 5 rings (SSSR count). The molecule has 0 spiro atoms. The maximum absolute atomic E-state index is 14.1. The van der Waals surface area contributed by atoms with Crippen LogP contribution in [0.3, 0.4) is 0 Å². The average molecular weight is 366 g/mol. The predicted molar refractivity (Wildman–Crippen MR) is 110 cm³/mol. The van der Waals surface area contributed by atoms with Crippen LogP contribution in [0.25, 0.3) is 17.3 Å². The third kappa shape index (κ3) is 2.67. The molecule has 0 saturated heterocycles. The van der Waals surface area contributed by atoms with Crippen LogP contribution in [-0.4, -0.2) is 10.2 Å². The zero-order chi connectivity index (χ0) is 19.0. The first-order chi connectivity index (χ1) is 13.8. The van der Waals surface area contributed by atoms with Crippen LogP contribution in [0.5, 0.6) is 0 Å². The van der Waals surface area contributed by atoms with Crippen molar-refractivity contribution in [2.45, 2.75) is 11.8 Å². The van der Waals surface area contributed by atoms with Gasteiger partial charge in [-0.1, -0.05) is 84.9 Å². The molecule has 3 heteroatoms. The first-order valence-electron chi connectivity index (χ1n) is 9.40. The number of aromatic nitrogens is 2. The van der Waals surface area contributed by atoms with Crippen molar-refractivity contribution in [3.8, 4) is 11.3 Å². The highest BCUT2D eigenvalue weighted by Crippen LogP contribution is 2.43. The van der Waals surface area contributed by atoms with Crippen molar-refractivity contribution in [1.82, 2.24) is 10.2 Å². The summed E-state index contributed by atoms with van der Waals surface area (Å²) >= 11 is 0. The van der Waals surface area contributed by atoms with Gasteiger partial charge in [-0.25, -0.2) is 4.39 Å². The summed E-state index contributed by atoms with van der Waals surface area (Å²) in [5.74, 6) is -0.221. The molecular formula is C25H19FN2. The van der Waals surface area contributed by atoms with Gasteiger partial charge in [-0.15, -0.1) is 0 Å². The number of benzene rings is 3. The maximum Gasteiger partial charge on any atom is 0.123 e. The number of hydrogen-bond acceptors (Lipinski definition) is 1. The number of fused-ring (bicyclic) bond motifs is 1. The summed E-state index contributed by atoms with van der Waals surface area (Å²) in [7, 11) is 0. The van der Waals surface area contributed by atoms with Crippen molar-refractivity contribution in [2.24, 2.45) is 0 Å². The van der Waals surface area contributed by atoms with Gasteiger partial charge in [-0.3, -0.25) is 5.10 Å². The molecule has 1 heterocycles. The average Bonchev–Trinajstić information content (AvgIpc) is 3.18. The van der Waals surface area contributed by atoms with E-state index in [9.17, 15) is 4.39 Å². The largest absolute Gasteiger partial charge is 0.281 e. The molecule has 0 aliphatic heterocycles. The molecule has 1 aromatic heterocycles. The van der Waals surface area contributed by atoms with E-state index >= 15 is 0 Å². The molecule has 28 heavy (non-hydrogen) atoms.